The molecular formula is C40H27N3O. The Morgan fingerprint density at radius 3 is 2.11 bits per heavy atom. The standard InChI is InChI=1S/C40H27N3O/c1-2-43-35-16-7-6-15-34(35)42-40(43)28-11-9-10-27(24-28)25-18-20-26(21-19-25)38-32-23-22-30-29-12-4-8-17-36(29)44-39(30)37(32)31-13-3-5-14-33(31)41-38/h3-24H,2H2,1H3. The average Bonchev–Trinajstić information content (AvgIpc) is 3.66. The maximum atomic E-state index is 6.49. The zero-order chi connectivity index (χ0) is 29.2. The van der Waals surface area contributed by atoms with E-state index in [1.165, 1.54) is 0 Å². The minimum atomic E-state index is 0.863. The van der Waals surface area contributed by atoms with E-state index in [9.17, 15) is 0 Å². The fourth-order valence-electron chi connectivity index (χ4n) is 6.71. The number of pyridine rings is 1. The lowest BCUT2D eigenvalue weighted by molar-refractivity contribution is 0.673. The lowest BCUT2D eigenvalue weighted by Gasteiger charge is -2.12. The average molecular weight is 566 g/mol. The molecule has 0 atom stereocenters. The SMILES string of the molecule is CCn1c(-c2cccc(-c3ccc(-c4nc5ccccc5c5c4ccc4c6ccccc6oc45)cc3)c2)nc2ccccc21. The molecule has 9 rings (SSSR count). The van der Waals surface area contributed by atoms with Crippen molar-refractivity contribution in [2.45, 2.75) is 13.5 Å². The summed E-state index contributed by atoms with van der Waals surface area (Å²) in [4.78, 5) is 10.2. The summed E-state index contributed by atoms with van der Waals surface area (Å²) in [6.07, 6.45) is 0. The number of fused-ring (bicyclic) bond motifs is 8. The number of imidazole rings is 1. The minimum Gasteiger partial charge on any atom is -0.455 e. The molecule has 6 aromatic carbocycles. The summed E-state index contributed by atoms with van der Waals surface area (Å²) in [5.41, 5.74) is 10.4. The lowest BCUT2D eigenvalue weighted by Crippen LogP contribution is -1.97. The van der Waals surface area contributed by atoms with E-state index in [2.05, 4.69) is 121 Å². The number of nitrogens with zero attached hydrogens (tertiary/aromatic N) is 3. The summed E-state index contributed by atoms with van der Waals surface area (Å²) in [6.45, 7) is 3.03. The van der Waals surface area contributed by atoms with E-state index in [0.717, 1.165) is 95.0 Å². The largest absolute Gasteiger partial charge is 0.455 e. The van der Waals surface area contributed by atoms with Crippen LogP contribution >= 0.6 is 0 Å². The van der Waals surface area contributed by atoms with Gasteiger partial charge >= 0.3 is 0 Å². The van der Waals surface area contributed by atoms with Crippen LogP contribution in [0.5, 0.6) is 0 Å². The molecule has 0 unspecified atom stereocenters. The van der Waals surface area contributed by atoms with Crippen molar-refractivity contribution in [1.29, 1.82) is 0 Å². The number of hydrogen-bond acceptors (Lipinski definition) is 3. The van der Waals surface area contributed by atoms with Gasteiger partial charge in [0.05, 0.1) is 22.2 Å². The van der Waals surface area contributed by atoms with E-state index in [1.54, 1.807) is 0 Å². The molecule has 0 saturated carbocycles. The zero-order valence-corrected chi connectivity index (χ0v) is 24.2. The van der Waals surface area contributed by atoms with Crippen molar-refractivity contribution in [1.82, 2.24) is 14.5 Å². The highest BCUT2D eigenvalue weighted by Gasteiger charge is 2.17. The number of aromatic nitrogens is 3. The molecule has 4 heteroatoms. The summed E-state index contributed by atoms with van der Waals surface area (Å²) in [5, 5.41) is 5.55. The van der Waals surface area contributed by atoms with Gasteiger partial charge in [-0.05, 0) is 54.4 Å². The molecule has 4 nitrogen and oxygen atoms in total. The number of hydrogen-bond donors (Lipinski definition) is 0. The van der Waals surface area contributed by atoms with Crippen LogP contribution in [0.4, 0.5) is 0 Å². The molecular weight excluding hydrogens is 538 g/mol. The van der Waals surface area contributed by atoms with Crippen LogP contribution in [0.15, 0.2) is 138 Å². The molecule has 0 N–H and O–H groups in total. The Balaban J connectivity index is 1.18. The molecule has 44 heavy (non-hydrogen) atoms. The molecule has 9 aromatic rings. The first-order valence-corrected chi connectivity index (χ1v) is 15.1. The van der Waals surface area contributed by atoms with Gasteiger partial charge in [-0.2, -0.15) is 0 Å². The Kier molecular flexibility index (Phi) is 5.44. The fraction of sp³-hybridized carbons (Fsp3) is 0.0500. The number of para-hydroxylation sites is 4. The van der Waals surface area contributed by atoms with Gasteiger partial charge in [0.2, 0.25) is 0 Å². The smallest absolute Gasteiger partial charge is 0.144 e. The van der Waals surface area contributed by atoms with Crippen molar-refractivity contribution < 1.29 is 4.42 Å². The predicted octanol–water partition coefficient (Wildman–Crippen LogP) is 10.7. The fourth-order valence-corrected chi connectivity index (χ4v) is 6.71. The maximum absolute atomic E-state index is 6.49. The Hall–Kier alpha value is -5.74. The lowest BCUT2D eigenvalue weighted by atomic mass is 9.96. The highest BCUT2D eigenvalue weighted by Crippen LogP contribution is 2.41. The first-order valence-electron chi connectivity index (χ1n) is 15.1. The monoisotopic (exact) mass is 565 g/mol. The molecule has 0 fully saturated rings. The molecule has 3 aromatic heterocycles. The molecule has 0 amide bonds. The van der Waals surface area contributed by atoms with E-state index in [-0.39, 0.29) is 0 Å². The summed E-state index contributed by atoms with van der Waals surface area (Å²) in [6, 6.07) is 46.7. The highest BCUT2D eigenvalue weighted by atomic mass is 16.3. The highest BCUT2D eigenvalue weighted by molar-refractivity contribution is 6.24. The molecule has 0 aliphatic rings. The number of benzene rings is 6. The second kappa shape index (κ2) is 9.65. The van der Waals surface area contributed by atoms with Gasteiger partial charge in [0.1, 0.15) is 17.0 Å². The molecule has 0 aliphatic carbocycles. The first kappa shape index (κ1) is 24.8. The van der Waals surface area contributed by atoms with Gasteiger partial charge in [0, 0.05) is 44.6 Å². The van der Waals surface area contributed by atoms with Crippen LogP contribution in [-0.2, 0) is 6.54 Å². The van der Waals surface area contributed by atoms with Crippen molar-refractivity contribution in [2.24, 2.45) is 0 Å². The van der Waals surface area contributed by atoms with Crippen LogP contribution in [0.25, 0.3) is 88.4 Å². The topological polar surface area (TPSA) is 43.9 Å². The summed E-state index contributed by atoms with van der Waals surface area (Å²) >= 11 is 0. The van der Waals surface area contributed by atoms with Gasteiger partial charge in [-0.3, -0.25) is 0 Å². The van der Waals surface area contributed by atoms with Gasteiger partial charge in [0.15, 0.2) is 0 Å². The predicted molar refractivity (Wildman–Crippen MR) is 182 cm³/mol. The third-order valence-electron chi connectivity index (χ3n) is 8.79. The molecule has 208 valence electrons. The normalized spacial score (nSPS) is 11.8. The van der Waals surface area contributed by atoms with E-state index < -0.39 is 0 Å². The molecule has 3 heterocycles. The van der Waals surface area contributed by atoms with Gasteiger partial charge in [0.25, 0.3) is 0 Å². The zero-order valence-electron chi connectivity index (χ0n) is 24.2. The van der Waals surface area contributed by atoms with E-state index in [0.29, 0.717) is 0 Å². The van der Waals surface area contributed by atoms with Crippen molar-refractivity contribution in [2.75, 3.05) is 0 Å². The van der Waals surface area contributed by atoms with Gasteiger partial charge in [-0.1, -0.05) is 97.1 Å². The van der Waals surface area contributed by atoms with Crippen molar-refractivity contribution in [3.05, 3.63) is 133 Å². The Morgan fingerprint density at radius 1 is 0.545 bits per heavy atom. The van der Waals surface area contributed by atoms with Crippen LogP contribution in [0.3, 0.4) is 0 Å². The maximum Gasteiger partial charge on any atom is 0.144 e. The first-order chi connectivity index (χ1) is 21.8. The third-order valence-corrected chi connectivity index (χ3v) is 8.79. The van der Waals surface area contributed by atoms with E-state index in [1.807, 2.05) is 24.3 Å². The number of aryl methyl sites for hydroxylation is 1. The molecule has 0 spiro atoms. The molecule has 0 bridgehead atoms. The number of rotatable bonds is 4. The quantitative estimate of drug-likeness (QED) is 0.199. The summed E-state index contributed by atoms with van der Waals surface area (Å²) in [7, 11) is 0. The molecule has 0 saturated heterocycles. The summed E-state index contributed by atoms with van der Waals surface area (Å²) in [5.74, 6) is 0.996. The summed E-state index contributed by atoms with van der Waals surface area (Å²) < 4.78 is 8.78. The van der Waals surface area contributed by atoms with Crippen LogP contribution in [-0.4, -0.2) is 14.5 Å². The van der Waals surface area contributed by atoms with E-state index >= 15 is 0 Å². The van der Waals surface area contributed by atoms with Crippen LogP contribution < -0.4 is 0 Å². The second-order valence-corrected chi connectivity index (χ2v) is 11.3. The van der Waals surface area contributed by atoms with Crippen LogP contribution in [0.1, 0.15) is 6.92 Å². The van der Waals surface area contributed by atoms with Crippen LogP contribution in [0.2, 0.25) is 0 Å². The molecule has 0 radical (unpaired) electrons. The third kappa shape index (κ3) is 3.71. The van der Waals surface area contributed by atoms with Crippen molar-refractivity contribution >= 4 is 54.6 Å². The van der Waals surface area contributed by atoms with Crippen LogP contribution in [0, 0.1) is 0 Å². The van der Waals surface area contributed by atoms with Gasteiger partial charge in [-0.15, -0.1) is 0 Å². The van der Waals surface area contributed by atoms with Crippen molar-refractivity contribution in [3.63, 3.8) is 0 Å². The Labute approximate surface area is 253 Å². The Morgan fingerprint density at radius 2 is 1.25 bits per heavy atom. The van der Waals surface area contributed by atoms with E-state index in [4.69, 9.17) is 14.4 Å². The minimum absolute atomic E-state index is 0.863. The van der Waals surface area contributed by atoms with Crippen molar-refractivity contribution in [3.8, 4) is 33.8 Å². The van der Waals surface area contributed by atoms with Gasteiger partial charge < -0.3 is 8.98 Å². The second-order valence-electron chi connectivity index (χ2n) is 11.3. The van der Waals surface area contributed by atoms with Gasteiger partial charge in [-0.25, -0.2) is 9.97 Å². The Bertz CT molecular complexity index is 2540. The molecule has 0 aliphatic heterocycles. The number of furan rings is 1.